The molecule has 0 fully saturated rings. The van der Waals surface area contributed by atoms with E-state index in [0.717, 1.165) is 11.1 Å². The molecule has 0 heterocycles. The fraction of sp³-hybridized carbons (Fsp3) is 0.381. The van der Waals surface area contributed by atoms with Crippen LogP contribution in [-0.2, 0) is 11.2 Å². The third-order valence-electron chi connectivity index (χ3n) is 3.80. The topological polar surface area (TPSA) is 84.6 Å². The predicted octanol–water partition coefficient (Wildman–Crippen LogP) is 2.79. The third kappa shape index (κ3) is 6.59. The van der Waals surface area contributed by atoms with Gasteiger partial charge in [-0.25, -0.2) is 4.79 Å². The first kappa shape index (κ1) is 20.1. The maximum absolute atomic E-state index is 12.0. The summed E-state index contributed by atoms with van der Waals surface area (Å²) in [6.07, 6.45) is -0.298. The van der Waals surface area contributed by atoms with Crippen LogP contribution in [0.1, 0.15) is 48.4 Å². The molecule has 0 spiro atoms. The second-order valence-corrected chi connectivity index (χ2v) is 7.34. The number of nitrogens with one attached hydrogen (secondary N) is 1. The molecule has 0 aliphatic heterocycles. The van der Waals surface area contributed by atoms with E-state index in [4.69, 9.17) is 10.5 Å². The number of ether oxygens (including phenoxy) is 1. The normalized spacial score (nSPS) is 13.9. The maximum Gasteiger partial charge on any atom is 0.338 e. The zero-order valence-corrected chi connectivity index (χ0v) is 15.6. The van der Waals surface area contributed by atoms with Crippen molar-refractivity contribution in [1.82, 2.24) is 5.32 Å². The van der Waals surface area contributed by atoms with Crippen LogP contribution >= 0.6 is 0 Å². The van der Waals surface area contributed by atoms with Gasteiger partial charge >= 0.3 is 5.97 Å². The molecular formula is C21H28N2O3. The van der Waals surface area contributed by atoms with Crippen LogP contribution < -0.4 is 11.1 Å². The van der Waals surface area contributed by atoms with Gasteiger partial charge < -0.3 is 15.6 Å². The number of carbonyl (C=O) groups excluding carboxylic acids is 1. The van der Waals surface area contributed by atoms with E-state index in [9.17, 15) is 9.90 Å². The van der Waals surface area contributed by atoms with Crippen LogP contribution in [0.2, 0.25) is 0 Å². The minimum absolute atomic E-state index is 0.291. The summed E-state index contributed by atoms with van der Waals surface area (Å²) in [6.45, 7) is 5.90. The fourth-order valence-corrected chi connectivity index (χ4v) is 2.50. The number of hydrogen-bond donors (Lipinski definition) is 3. The van der Waals surface area contributed by atoms with E-state index < -0.39 is 11.7 Å². The molecule has 2 aromatic carbocycles. The molecule has 5 nitrogen and oxygen atoms in total. The van der Waals surface area contributed by atoms with E-state index in [0.29, 0.717) is 18.5 Å². The molecule has 0 aliphatic carbocycles. The molecule has 0 radical (unpaired) electrons. The monoisotopic (exact) mass is 356 g/mol. The average Bonchev–Trinajstić information content (AvgIpc) is 2.59. The molecule has 4 N–H and O–H groups in total. The van der Waals surface area contributed by atoms with Gasteiger partial charge in [-0.05, 0) is 44.0 Å². The summed E-state index contributed by atoms with van der Waals surface area (Å²) >= 11 is 0. The van der Waals surface area contributed by atoms with E-state index in [1.165, 1.54) is 0 Å². The van der Waals surface area contributed by atoms with Crippen molar-refractivity contribution in [3.63, 3.8) is 0 Å². The second kappa shape index (κ2) is 8.94. The lowest BCUT2D eigenvalue weighted by Crippen LogP contribution is -2.41. The van der Waals surface area contributed by atoms with Crippen LogP contribution in [0.25, 0.3) is 0 Å². The molecule has 0 bridgehead atoms. The van der Waals surface area contributed by atoms with Gasteiger partial charge in [-0.1, -0.05) is 42.5 Å². The van der Waals surface area contributed by atoms with Gasteiger partial charge in [0.05, 0.1) is 17.8 Å². The molecule has 26 heavy (non-hydrogen) atoms. The van der Waals surface area contributed by atoms with Crippen LogP contribution in [0.4, 0.5) is 0 Å². The van der Waals surface area contributed by atoms with Gasteiger partial charge in [-0.3, -0.25) is 5.32 Å². The van der Waals surface area contributed by atoms with Crippen molar-refractivity contribution in [3.8, 4) is 0 Å². The highest BCUT2D eigenvalue weighted by molar-refractivity contribution is 5.89. The molecule has 2 aromatic rings. The number of benzene rings is 2. The highest BCUT2D eigenvalue weighted by Gasteiger charge is 2.17. The van der Waals surface area contributed by atoms with Crippen molar-refractivity contribution >= 4 is 5.97 Å². The van der Waals surface area contributed by atoms with E-state index in [1.807, 2.05) is 63.2 Å². The lowest BCUT2D eigenvalue weighted by atomic mass is 10.1. The second-order valence-electron chi connectivity index (χ2n) is 7.34. The molecule has 0 saturated carbocycles. The number of rotatable bonds is 7. The summed E-state index contributed by atoms with van der Waals surface area (Å²) in [6, 6.07) is 16.7. The van der Waals surface area contributed by atoms with Crippen LogP contribution in [0.3, 0.4) is 0 Å². The van der Waals surface area contributed by atoms with Gasteiger partial charge in [0, 0.05) is 13.0 Å². The summed E-state index contributed by atoms with van der Waals surface area (Å²) in [5.74, 6) is -0.336. The zero-order chi connectivity index (χ0) is 19.2. The summed E-state index contributed by atoms with van der Waals surface area (Å²) in [5.41, 5.74) is 7.97. The number of nitrogens with two attached hydrogens (primary N) is 1. The molecule has 2 unspecified atom stereocenters. The Kier molecular flexibility index (Phi) is 6.91. The smallest absolute Gasteiger partial charge is 0.338 e. The van der Waals surface area contributed by atoms with Gasteiger partial charge in [0.1, 0.15) is 5.60 Å². The van der Waals surface area contributed by atoms with Crippen molar-refractivity contribution in [2.45, 2.75) is 45.1 Å². The summed E-state index contributed by atoms with van der Waals surface area (Å²) in [7, 11) is 0. The van der Waals surface area contributed by atoms with Gasteiger partial charge in [-0.2, -0.15) is 0 Å². The minimum atomic E-state index is -0.600. The lowest BCUT2D eigenvalue weighted by molar-refractivity contribution is 0.00695. The maximum atomic E-state index is 12.0. The molecule has 2 rings (SSSR count). The fourth-order valence-electron chi connectivity index (χ4n) is 2.50. The first-order chi connectivity index (χ1) is 12.2. The van der Waals surface area contributed by atoms with Crippen molar-refractivity contribution in [2.75, 3.05) is 6.54 Å². The average molecular weight is 356 g/mol. The van der Waals surface area contributed by atoms with Crippen LogP contribution in [0.15, 0.2) is 54.6 Å². The highest BCUT2D eigenvalue weighted by atomic mass is 16.6. The highest BCUT2D eigenvalue weighted by Crippen LogP contribution is 2.14. The van der Waals surface area contributed by atoms with Crippen LogP contribution in [0.5, 0.6) is 0 Å². The van der Waals surface area contributed by atoms with Crippen molar-refractivity contribution in [2.24, 2.45) is 5.73 Å². The van der Waals surface area contributed by atoms with Crippen molar-refractivity contribution < 1.29 is 14.6 Å². The molecule has 5 heteroatoms. The van der Waals surface area contributed by atoms with E-state index in [2.05, 4.69) is 5.32 Å². The molecule has 0 aromatic heterocycles. The summed E-state index contributed by atoms with van der Waals surface area (Å²) < 4.78 is 5.35. The molecular weight excluding hydrogens is 328 g/mol. The number of aliphatic hydroxyl groups is 1. The summed E-state index contributed by atoms with van der Waals surface area (Å²) in [4.78, 5) is 12.0. The number of carbonyl (C=O) groups is 1. The van der Waals surface area contributed by atoms with Gasteiger partial charge in [-0.15, -0.1) is 0 Å². The molecule has 2 atom stereocenters. The SMILES string of the molecule is CC(C)(C)OC(=O)c1ccc(CC(N)NCC(O)c2ccccc2)cc1. The number of esters is 1. The van der Waals surface area contributed by atoms with Gasteiger partial charge in [0.2, 0.25) is 0 Å². The molecule has 0 amide bonds. The standard InChI is InChI=1S/C21H28N2O3/c1-21(2,3)26-20(25)17-11-9-15(10-12-17)13-19(22)23-14-18(24)16-7-5-4-6-8-16/h4-12,18-19,23-24H,13-14,22H2,1-3H3. The van der Waals surface area contributed by atoms with Gasteiger partial charge in [0.15, 0.2) is 0 Å². The predicted molar refractivity (Wildman–Crippen MR) is 103 cm³/mol. The summed E-state index contributed by atoms with van der Waals surface area (Å²) in [5, 5.41) is 13.3. The Morgan fingerprint density at radius 1 is 1.12 bits per heavy atom. The van der Waals surface area contributed by atoms with E-state index in [1.54, 1.807) is 12.1 Å². The molecule has 0 saturated heterocycles. The Morgan fingerprint density at radius 2 is 1.73 bits per heavy atom. The lowest BCUT2D eigenvalue weighted by Gasteiger charge is -2.20. The van der Waals surface area contributed by atoms with Crippen molar-refractivity contribution in [1.29, 1.82) is 0 Å². The first-order valence-electron chi connectivity index (χ1n) is 8.79. The number of aliphatic hydroxyl groups excluding tert-OH is 1. The van der Waals surface area contributed by atoms with E-state index in [-0.39, 0.29) is 12.1 Å². The largest absolute Gasteiger partial charge is 0.456 e. The zero-order valence-electron chi connectivity index (χ0n) is 15.6. The minimum Gasteiger partial charge on any atom is -0.456 e. The van der Waals surface area contributed by atoms with Crippen molar-refractivity contribution in [3.05, 3.63) is 71.3 Å². The Labute approximate surface area is 155 Å². The third-order valence-corrected chi connectivity index (χ3v) is 3.80. The molecule has 140 valence electrons. The van der Waals surface area contributed by atoms with E-state index >= 15 is 0 Å². The van der Waals surface area contributed by atoms with Crippen LogP contribution in [-0.4, -0.2) is 29.4 Å². The van der Waals surface area contributed by atoms with Crippen LogP contribution in [0, 0.1) is 0 Å². The Bertz CT molecular complexity index is 693. The number of hydrogen-bond acceptors (Lipinski definition) is 5. The Morgan fingerprint density at radius 3 is 2.31 bits per heavy atom. The first-order valence-corrected chi connectivity index (χ1v) is 8.79. The van der Waals surface area contributed by atoms with Gasteiger partial charge in [0.25, 0.3) is 0 Å². The quantitative estimate of drug-likeness (QED) is 0.525. The Balaban J connectivity index is 1.83. The molecule has 0 aliphatic rings. The Hall–Kier alpha value is -2.21.